The lowest BCUT2D eigenvalue weighted by atomic mass is 9.82. The number of benzene rings is 1. The quantitative estimate of drug-likeness (QED) is 0.149. The van der Waals surface area contributed by atoms with Crippen molar-refractivity contribution in [2.24, 2.45) is 5.92 Å². The van der Waals surface area contributed by atoms with Crippen molar-refractivity contribution in [1.82, 2.24) is 9.97 Å². The molecule has 2 aromatic rings. The zero-order valence-corrected chi connectivity index (χ0v) is 25.5. The van der Waals surface area contributed by atoms with E-state index in [0.29, 0.717) is 11.8 Å². The number of aryl methyl sites for hydroxylation is 2. The third-order valence-corrected chi connectivity index (χ3v) is 8.73. The number of nitrogens with zero attached hydrogens (tertiary/aromatic N) is 2. The first-order valence-electron chi connectivity index (χ1n) is 16.8. The molecule has 3 nitrogen and oxygen atoms in total. The van der Waals surface area contributed by atoms with E-state index in [1.54, 1.807) is 0 Å². The van der Waals surface area contributed by atoms with Crippen molar-refractivity contribution >= 4 is 0 Å². The first-order valence-corrected chi connectivity index (χ1v) is 16.8. The molecule has 0 aliphatic heterocycles. The zero-order chi connectivity index (χ0) is 27.4. The van der Waals surface area contributed by atoms with Crippen LogP contribution in [0.4, 0.5) is 0 Å². The summed E-state index contributed by atoms with van der Waals surface area (Å²) in [5, 5.41) is 0. The molecule has 0 amide bonds. The maximum atomic E-state index is 6.19. The maximum absolute atomic E-state index is 6.19. The summed E-state index contributed by atoms with van der Waals surface area (Å²) < 4.78 is 6.19. The Hall–Kier alpha value is -1.90. The number of hydrogen-bond donors (Lipinski definition) is 0. The van der Waals surface area contributed by atoms with Gasteiger partial charge in [-0.25, -0.2) is 9.97 Å². The predicted molar refractivity (Wildman–Crippen MR) is 167 cm³/mol. The third-order valence-electron chi connectivity index (χ3n) is 8.73. The number of ether oxygens (including phenoxy) is 1. The summed E-state index contributed by atoms with van der Waals surface area (Å²) in [6.07, 6.45) is 31.8. The highest BCUT2D eigenvalue weighted by Crippen LogP contribution is 2.34. The fraction of sp³-hybridized carbons (Fsp3) is 0.722. The van der Waals surface area contributed by atoms with E-state index in [9.17, 15) is 0 Å². The van der Waals surface area contributed by atoms with E-state index in [2.05, 4.69) is 50.5 Å². The molecule has 0 N–H and O–H groups in total. The van der Waals surface area contributed by atoms with Gasteiger partial charge in [-0.1, -0.05) is 109 Å². The lowest BCUT2D eigenvalue weighted by Gasteiger charge is -2.27. The summed E-state index contributed by atoms with van der Waals surface area (Å²) in [5.41, 5.74) is 2.75. The van der Waals surface area contributed by atoms with Gasteiger partial charge in [-0.3, -0.25) is 0 Å². The lowest BCUT2D eigenvalue weighted by Crippen LogP contribution is -2.20. The predicted octanol–water partition coefficient (Wildman–Crippen LogP) is 10.8. The second-order valence-corrected chi connectivity index (χ2v) is 12.2. The summed E-state index contributed by atoms with van der Waals surface area (Å²) in [4.78, 5) is 9.56. The van der Waals surface area contributed by atoms with Gasteiger partial charge in [-0.05, 0) is 80.5 Å². The average Bonchev–Trinajstić information content (AvgIpc) is 2.98. The van der Waals surface area contributed by atoms with Crippen LogP contribution in [-0.4, -0.2) is 16.6 Å². The molecular weight excluding hydrogens is 476 g/mol. The van der Waals surface area contributed by atoms with E-state index >= 15 is 0 Å². The molecule has 1 aliphatic carbocycles. The summed E-state index contributed by atoms with van der Waals surface area (Å²) >= 11 is 0. The van der Waals surface area contributed by atoms with E-state index < -0.39 is 0 Å². The van der Waals surface area contributed by atoms with Gasteiger partial charge in [0.15, 0.2) is 0 Å². The molecule has 0 atom stereocenters. The molecule has 1 aromatic heterocycles. The zero-order valence-electron chi connectivity index (χ0n) is 25.5. The topological polar surface area (TPSA) is 35.0 Å². The molecule has 39 heavy (non-hydrogen) atoms. The van der Waals surface area contributed by atoms with Gasteiger partial charge in [0.1, 0.15) is 11.6 Å². The number of rotatable bonds is 21. The van der Waals surface area contributed by atoms with Gasteiger partial charge in [0.25, 0.3) is 0 Å². The van der Waals surface area contributed by atoms with E-state index in [1.807, 2.05) is 0 Å². The molecule has 0 spiro atoms. The second kappa shape index (κ2) is 20.0. The molecule has 0 bridgehead atoms. The Morgan fingerprint density at radius 2 is 1.08 bits per heavy atom. The van der Waals surface area contributed by atoms with Crippen LogP contribution in [0.2, 0.25) is 0 Å². The van der Waals surface area contributed by atoms with Crippen molar-refractivity contribution in [3.05, 3.63) is 53.6 Å². The summed E-state index contributed by atoms with van der Waals surface area (Å²) in [6.45, 7) is 5.40. The molecule has 0 unspecified atom stereocenters. The van der Waals surface area contributed by atoms with Gasteiger partial charge in [0.2, 0.25) is 0 Å². The minimum atomic E-state index is 0.518. The van der Waals surface area contributed by atoms with Crippen LogP contribution in [0.15, 0.2) is 36.7 Å². The molecule has 3 heteroatoms. The molecule has 0 radical (unpaired) electrons. The Morgan fingerprint density at radius 3 is 1.62 bits per heavy atom. The van der Waals surface area contributed by atoms with Crippen LogP contribution in [0, 0.1) is 5.92 Å². The second-order valence-electron chi connectivity index (χ2n) is 12.2. The molecular formula is C36H58N2O. The number of aromatic nitrogens is 2. The van der Waals surface area contributed by atoms with Crippen LogP contribution in [0.3, 0.4) is 0 Å². The van der Waals surface area contributed by atoms with E-state index in [-0.39, 0.29) is 0 Å². The van der Waals surface area contributed by atoms with Crippen LogP contribution in [0.1, 0.15) is 159 Å². The Kier molecular flexibility index (Phi) is 16.3. The van der Waals surface area contributed by atoms with Gasteiger partial charge in [-0.2, -0.15) is 0 Å². The Bertz CT molecular complexity index is 839. The monoisotopic (exact) mass is 534 g/mol. The van der Waals surface area contributed by atoms with Crippen molar-refractivity contribution < 1.29 is 4.74 Å². The smallest absolute Gasteiger partial charge is 0.131 e. The standard InChI is InChI=1S/C36H58N2O/c1-3-5-7-9-11-13-15-17-19-33-28-37-36(38-29-33)34-24-20-32(21-25-34)30-39-35-26-22-31(23-27-35)18-16-14-12-10-8-6-4-2/h22-23,26-29,32,34H,3-21,24-25,30H2,1-2H3/t32-,34-. The molecule has 1 aliphatic rings. The SMILES string of the molecule is CCCCCCCCCCc1cnc([C@H]2CC[C@H](COc3ccc(CCCCCCCCC)cc3)CC2)nc1. The van der Waals surface area contributed by atoms with Gasteiger partial charge in [0.05, 0.1) is 6.61 Å². The third kappa shape index (κ3) is 13.3. The Labute approximate surface area is 241 Å². The molecule has 0 saturated heterocycles. The highest BCUT2D eigenvalue weighted by molar-refractivity contribution is 5.27. The first-order chi connectivity index (χ1) is 19.3. The van der Waals surface area contributed by atoms with E-state index in [0.717, 1.165) is 24.6 Å². The molecule has 1 saturated carbocycles. The number of unbranched alkanes of at least 4 members (excludes halogenated alkanes) is 13. The fourth-order valence-corrected chi connectivity index (χ4v) is 6.01. The van der Waals surface area contributed by atoms with Crippen molar-refractivity contribution in [2.45, 2.75) is 155 Å². The van der Waals surface area contributed by atoms with Crippen LogP contribution in [-0.2, 0) is 12.8 Å². The first kappa shape index (κ1) is 31.6. The van der Waals surface area contributed by atoms with Crippen LogP contribution < -0.4 is 4.74 Å². The minimum absolute atomic E-state index is 0.518. The van der Waals surface area contributed by atoms with E-state index in [4.69, 9.17) is 14.7 Å². The van der Waals surface area contributed by atoms with Crippen molar-refractivity contribution in [1.29, 1.82) is 0 Å². The fourth-order valence-electron chi connectivity index (χ4n) is 6.01. The molecule has 1 fully saturated rings. The van der Waals surface area contributed by atoms with Crippen molar-refractivity contribution in [2.75, 3.05) is 6.61 Å². The molecule has 1 heterocycles. The van der Waals surface area contributed by atoms with Crippen LogP contribution >= 0.6 is 0 Å². The Morgan fingerprint density at radius 1 is 0.590 bits per heavy atom. The lowest BCUT2D eigenvalue weighted by molar-refractivity contribution is 0.198. The summed E-state index contributed by atoms with van der Waals surface area (Å²) in [6, 6.07) is 8.87. The molecule has 218 valence electrons. The van der Waals surface area contributed by atoms with Gasteiger partial charge in [-0.15, -0.1) is 0 Å². The summed E-state index contributed by atoms with van der Waals surface area (Å²) in [7, 11) is 0. The highest BCUT2D eigenvalue weighted by Gasteiger charge is 2.24. The number of hydrogen-bond acceptors (Lipinski definition) is 3. The van der Waals surface area contributed by atoms with Crippen LogP contribution in [0.25, 0.3) is 0 Å². The Balaban J connectivity index is 1.25. The van der Waals surface area contributed by atoms with Crippen molar-refractivity contribution in [3.63, 3.8) is 0 Å². The largest absolute Gasteiger partial charge is 0.493 e. The van der Waals surface area contributed by atoms with Crippen LogP contribution in [0.5, 0.6) is 5.75 Å². The maximum Gasteiger partial charge on any atom is 0.131 e. The van der Waals surface area contributed by atoms with Gasteiger partial charge >= 0.3 is 0 Å². The van der Waals surface area contributed by atoms with E-state index in [1.165, 1.54) is 140 Å². The normalized spacial score (nSPS) is 17.4. The minimum Gasteiger partial charge on any atom is -0.493 e. The summed E-state index contributed by atoms with van der Waals surface area (Å²) in [5.74, 6) is 3.25. The van der Waals surface area contributed by atoms with Gasteiger partial charge in [0, 0.05) is 18.3 Å². The average molecular weight is 535 g/mol. The molecule has 3 rings (SSSR count). The highest BCUT2D eigenvalue weighted by atomic mass is 16.5. The van der Waals surface area contributed by atoms with Crippen molar-refractivity contribution in [3.8, 4) is 5.75 Å². The van der Waals surface area contributed by atoms with Gasteiger partial charge < -0.3 is 4.74 Å². The molecule has 1 aromatic carbocycles.